The highest BCUT2D eigenvalue weighted by atomic mass is 16.3. The van der Waals surface area contributed by atoms with Crippen molar-refractivity contribution < 1.29 is 5.11 Å². The average molecular weight is 335 g/mol. The summed E-state index contributed by atoms with van der Waals surface area (Å²) in [6.45, 7) is 0.373. The van der Waals surface area contributed by atoms with E-state index >= 15 is 0 Å². The third-order valence-electron chi connectivity index (χ3n) is 3.83. The molecule has 2 heterocycles. The van der Waals surface area contributed by atoms with Gasteiger partial charge in [0.05, 0.1) is 11.8 Å². The van der Waals surface area contributed by atoms with Gasteiger partial charge in [-0.1, -0.05) is 30.3 Å². The Balaban J connectivity index is 1.69. The summed E-state index contributed by atoms with van der Waals surface area (Å²) in [6, 6.07) is 15.3. The number of aliphatic hydroxyl groups is 1. The van der Waals surface area contributed by atoms with E-state index in [-0.39, 0.29) is 0 Å². The van der Waals surface area contributed by atoms with Gasteiger partial charge < -0.3 is 15.3 Å². The quantitative estimate of drug-likeness (QED) is 0.721. The summed E-state index contributed by atoms with van der Waals surface area (Å²) in [4.78, 5) is 14.9. The van der Waals surface area contributed by atoms with Crippen molar-refractivity contribution in [1.82, 2.24) is 15.0 Å². The van der Waals surface area contributed by atoms with Crippen LogP contribution in [0.4, 0.5) is 11.6 Å². The Labute approximate surface area is 147 Å². The van der Waals surface area contributed by atoms with Crippen molar-refractivity contribution in [3.05, 3.63) is 66.6 Å². The van der Waals surface area contributed by atoms with E-state index in [1.807, 2.05) is 67.5 Å². The molecule has 0 saturated heterocycles. The molecule has 0 aliphatic rings. The first kappa shape index (κ1) is 16.9. The van der Waals surface area contributed by atoms with E-state index in [1.54, 1.807) is 6.20 Å². The summed E-state index contributed by atoms with van der Waals surface area (Å²) < 4.78 is 0. The number of aliphatic hydroxyl groups excluding tert-OH is 1. The highest BCUT2D eigenvalue weighted by Crippen LogP contribution is 2.20. The topological polar surface area (TPSA) is 74.2 Å². The van der Waals surface area contributed by atoms with E-state index in [4.69, 9.17) is 0 Å². The lowest BCUT2D eigenvalue weighted by Gasteiger charge is -2.13. The molecule has 128 valence electrons. The molecule has 3 aromatic rings. The maximum absolute atomic E-state index is 10.2. The molecule has 1 aromatic carbocycles. The van der Waals surface area contributed by atoms with E-state index in [9.17, 15) is 5.11 Å². The van der Waals surface area contributed by atoms with Crippen LogP contribution in [-0.4, -0.2) is 40.7 Å². The Morgan fingerprint density at radius 3 is 2.52 bits per heavy atom. The SMILES string of the molecule is CN(C)c1ccc(-c2cc(NCC(O)c3ccccc3)ncn2)cn1. The number of aromatic nitrogens is 3. The van der Waals surface area contributed by atoms with Crippen molar-refractivity contribution in [2.45, 2.75) is 6.10 Å². The maximum atomic E-state index is 10.2. The molecule has 0 fully saturated rings. The summed E-state index contributed by atoms with van der Waals surface area (Å²) in [7, 11) is 3.90. The van der Waals surface area contributed by atoms with Gasteiger partial charge in [0.15, 0.2) is 0 Å². The van der Waals surface area contributed by atoms with E-state index < -0.39 is 6.10 Å². The molecular weight excluding hydrogens is 314 g/mol. The molecule has 2 N–H and O–H groups in total. The number of rotatable bonds is 6. The summed E-state index contributed by atoms with van der Waals surface area (Å²) in [5.41, 5.74) is 2.57. The second kappa shape index (κ2) is 7.72. The minimum Gasteiger partial charge on any atom is -0.387 e. The van der Waals surface area contributed by atoms with Crippen LogP contribution in [0.5, 0.6) is 0 Å². The molecule has 3 rings (SSSR count). The van der Waals surface area contributed by atoms with Crippen molar-refractivity contribution in [2.24, 2.45) is 0 Å². The van der Waals surface area contributed by atoms with E-state index in [1.165, 1.54) is 6.33 Å². The first-order valence-electron chi connectivity index (χ1n) is 8.06. The molecule has 0 saturated carbocycles. The Bertz CT molecular complexity index is 806. The molecule has 1 unspecified atom stereocenters. The molecule has 0 amide bonds. The zero-order valence-electron chi connectivity index (χ0n) is 14.3. The van der Waals surface area contributed by atoms with Crippen LogP contribution in [0.3, 0.4) is 0 Å². The van der Waals surface area contributed by atoms with Crippen molar-refractivity contribution in [1.29, 1.82) is 0 Å². The third kappa shape index (κ3) is 4.30. The Morgan fingerprint density at radius 1 is 1.04 bits per heavy atom. The molecule has 6 nitrogen and oxygen atoms in total. The average Bonchev–Trinajstić information content (AvgIpc) is 2.67. The summed E-state index contributed by atoms with van der Waals surface area (Å²) in [5.74, 6) is 1.55. The molecule has 25 heavy (non-hydrogen) atoms. The first-order chi connectivity index (χ1) is 12.1. The summed E-state index contributed by atoms with van der Waals surface area (Å²) >= 11 is 0. The number of nitrogens with zero attached hydrogens (tertiary/aromatic N) is 4. The summed E-state index contributed by atoms with van der Waals surface area (Å²) in [5, 5.41) is 13.4. The van der Waals surface area contributed by atoms with Gasteiger partial charge in [-0.15, -0.1) is 0 Å². The molecule has 0 bridgehead atoms. The lowest BCUT2D eigenvalue weighted by Crippen LogP contribution is -2.13. The largest absolute Gasteiger partial charge is 0.387 e. The summed E-state index contributed by atoms with van der Waals surface area (Å²) in [6.07, 6.45) is 2.70. The number of anilines is 2. The van der Waals surface area contributed by atoms with E-state index in [2.05, 4.69) is 20.3 Å². The van der Waals surface area contributed by atoms with Crippen molar-refractivity contribution in [2.75, 3.05) is 30.9 Å². The normalized spacial score (nSPS) is 11.8. The molecule has 2 aromatic heterocycles. The van der Waals surface area contributed by atoms with Gasteiger partial charge in [0.1, 0.15) is 18.0 Å². The Hall–Kier alpha value is -2.99. The van der Waals surface area contributed by atoms with Crippen molar-refractivity contribution in [3.63, 3.8) is 0 Å². The number of hydrogen-bond donors (Lipinski definition) is 2. The van der Waals surface area contributed by atoms with Crippen LogP contribution in [0.15, 0.2) is 61.1 Å². The fourth-order valence-electron chi connectivity index (χ4n) is 2.41. The van der Waals surface area contributed by atoms with Gasteiger partial charge in [-0.05, 0) is 17.7 Å². The minimum atomic E-state index is -0.597. The zero-order valence-corrected chi connectivity index (χ0v) is 14.3. The van der Waals surface area contributed by atoms with Crippen LogP contribution in [0, 0.1) is 0 Å². The maximum Gasteiger partial charge on any atom is 0.130 e. The number of nitrogens with one attached hydrogen (secondary N) is 1. The highest BCUT2D eigenvalue weighted by molar-refractivity contribution is 5.62. The molecular formula is C19H21N5O. The van der Waals surface area contributed by atoms with Gasteiger partial charge >= 0.3 is 0 Å². The Morgan fingerprint density at radius 2 is 1.84 bits per heavy atom. The van der Waals surface area contributed by atoms with Crippen molar-refractivity contribution >= 4 is 11.6 Å². The second-order valence-electron chi connectivity index (χ2n) is 5.90. The van der Waals surface area contributed by atoms with Gasteiger partial charge in [-0.2, -0.15) is 0 Å². The van der Waals surface area contributed by atoms with Crippen LogP contribution in [0.1, 0.15) is 11.7 Å². The van der Waals surface area contributed by atoms with Crippen LogP contribution >= 0.6 is 0 Å². The van der Waals surface area contributed by atoms with Gasteiger partial charge in [0.2, 0.25) is 0 Å². The van der Waals surface area contributed by atoms with E-state index in [0.29, 0.717) is 12.4 Å². The fourth-order valence-corrected chi connectivity index (χ4v) is 2.41. The standard InChI is InChI=1S/C19H21N5O/c1-24(2)19-9-8-15(11-21-19)16-10-18(23-13-22-16)20-12-17(25)14-6-4-3-5-7-14/h3-11,13,17,25H,12H2,1-2H3,(H,20,22,23). The number of benzene rings is 1. The molecule has 0 spiro atoms. The molecule has 0 aliphatic heterocycles. The predicted octanol–water partition coefficient (Wildman–Crippen LogP) is 2.75. The van der Waals surface area contributed by atoms with Crippen LogP contribution in [0.2, 0.25) is 0 Å². The molecule has 0 aliphatic carbocycles. The van der Waals surface area contributed by atoms with Gasteiger partial charge in [-0.3, -0.25) is 0 Å². The van der Waals surface area contributed by atoms with E-state index in [0.717, 1.165) is 22.6 Å². The number of pyridine rings is 1. The van der Waals surface area contributed by atoms with Gasteiger partial charge in [-0.25, -0.2) is 15.0 Å². The number of hydrogen-bond acceptors (Lipinski definition) is 6. The van der Waals surface area contributed by atoms with Gasteiger partial charge in [0, 0.05) is 38.5 Å². The lowest BCUT2D eigenvalue weighted by atomic mass is 10.1. The monoisotopic (exact) mass is 335 g/mol. The third-order valence-corrected chi connectivity index (χ3v) is 3.83. The first-order valence-corrected chi connectivity index (χ1v) is 8.06. The molecule has 6 heteroatoms. The fraction of sp³-hybridized carbons (Fsp3) is 0.211. The van der Waals surface area contributed by atoms with Crippen molar-refractivity contribution in [3.8, 4) is 11.3 Å². The van der Waals surface area contributed by atoms with Crippen LogP contribution in [-0.2, 0) is 0 Å². The lowest BCUT2D eigenvalue weighted by molar-refractivity contribution is 0.191. The van der Waals surface area contributed by atoms with Gasteiger partial charge in [0.25, 0.3) is 0 Å². The predicted molar refractivity (Wildman–Crippen MR) is 99.5 cm³/mol. The van der Waals surface area contributed by atoms with Crippen LogP contribution in [0.25, 0.3) is 11.3 Å². The van der Waals surface area contributed by atoms with Crippen LogP contribution < -0.4 is 10.2 Å². The second-order valence-corrected chi connectivity index (χ2v) is 5.90. The zero-order chi connectivity index (χ0) is 17.6. The molecule has 0 radical (unpaired) electrons. The minimum absolute atomic E-state index is 0.373. The smallest absolute Gasteiger partial charge is 0.130 e. The highest BCUT2D eigenvalue weighted by Gasteiger charge is 2.08. The Kier molecular flexibility index (Phi) is 5.20. The molecule has 1 atom stereocenters.